The zero-order chi connectivity index (χ0) is 15.5. The molecule has 6 heteroatoms. The zero-order valence-corrected chi connectivity index (χ0v) is 16.2. The third-order valence-corrected chi connectivity index (χ3v) is 7.35. The molecule has 0 bridgehead atoms. The molecule has 2 rings (SSSR count). The molecule has 1 aromatic carbocycles. The second kappa shape index (κ2) is 7.57. The van der Waals surface area contributed by atoms with E-state index in [-0.39, 0.29) is 0 Å². The lowest BCUT2D eigenvalue weighted by Gasteiger charge is -2.21. The van der Waals surface area contributed by atoms with Gasteiger partial charge in [0.25, 0.3) is 0 Å². The Morgan fingerprint density at radius 1 is 1.14 bits per heavy atom. The Morgan fingerprint density at radius 3 is 2.48 bits per heavy atom. The highest BCUT2D eigenvalue weighted by Gasteiger charge is 2.20. The minimum atomic E-state index is -3.46. The maximum absolute atomic E-state index is 12.4. The SMILES string of the molecule is Cc1cc(Br)c(S(=O)(=O)NCCC2CCCCC2)cc1Br. The van der Waals surface area contributed by atoms with Crippen molar-refractivity contribution in [3.05, 3.63) is 26.6 Å². The fraction of sp³-hybridized carbons (Fsp3) is 0.600. The van der Waals surface area contributed by atoms with Crippen molar-refractivity contribution >= 4 is 41.9 Å². The average Bonchev–Trinajstić information content (AvgIpc) is 2.43. The topological polar surface area (TPSA) is 46.2 Å². The summed E-state index contributed by atoms with van der Waals surface area (Å²) in [5, 5.41) is 0. The van der Waals surface area contributed by atoms with E-state index >= 15 is 0 Å². The monoisotopic (exact) mass is 437 g/mol. The van der Waals surface area contributed by atoms with Gasteiger partial charge in [-0.3, -0.25) is 0 Å². The summed E-state index contributed by atoms with van der Waals surface area (Å²) in [5.41, 5.74) is 1.00. The van der Waals surface area contributed by atoms with E-state index in [2.05, 4.69) is 36.6 Å². The normalized spacial score (nSPS) is 17.1. The maximum atomic E-state index is 12.4. The summed E-state index contributed by atoms with van der Waals surface area (Å²) >= 11 is 6.74. The molecule has 0 aromatic heterocycles. The number of hydrogen-bond acceptors (Lipinski definition) is 2. The van der Waals surface area contributed by atoms with E-state index in [4.69, 9.17) is 0 Å². The second-order valence-electron chi connectivity index (χ2n) is 5.72. The van der Waals surface area contributed by atoms with Gasteiger partial charge in [0.1, 0.15) is 0 Å². The van der Waals surface area contributed by atoms with E-state index in [1.807, 2.05) is 13.0 Å². The Labute approximate surface area is 144 Å². The molecular formula is C15H21Br2NO2S. The van der Waals surface area contributed by atoms with Crippen LogP contribution < -0.4 is 4.72 Å². The van der Waals surface area contributed by atoms with Gasteiger partial charge in [-0.15, -0.1) is 0 Å². The molecule has 1 aliphatic carbocycles. The molecule has 0 saturated heterocycles. The minimum absolute atomic E-state index is 0.295. The molecule has 1 N–H and O–H groups in total. The summed E-state index contributed by atoms with van der Waals surface area (Å²) in [6.45, 7) is 2.45. The van der Waals surface area contributed by atoms with Gasteiger partial charge in [-0.05, 0) is 52.9 Å². The van der Waals surface area contributed by atoms with E-state index in [1.165, 1.54) is 32.1 Å². The Hall–Kier alpha value is 0.0900. The summed E-state index contributed by atoms with van der Waals surface area (Å²) in [7, 11) is -3.46. The molecule has 0 aliphatic heterocycles. The molecule has 21 heavy (non-hydrogen) atoms. The molecule has 1 saturated carbocycles. The van der Waals surface area contributed by atoms with Crippen LogP contribution in [0.15, 0.2) is 26.0 Å². The molecule has 0 heterocycles. The van der Waals surface area contributed by atoms with Gasteiger partial charge in [-0.25, -0.2) is 13.1 Å². The lowest BCUT2D eigenvalue weighted by Crippen LogP contribution is -2.27. The molecule has 0 atom stereocenters. The van der Waals surface area contributed by atoms with Gasteiger partial charge in [0, 0.05) is 15.5 Å². The van der Waals surface area contributed by atoms with Crippen LogP contribution in [0.3, 0.4) is 0 Å². The molecule has 0 unspecified atom stereocenters. The molecule has 0 radical (unpaired) electrons. The first-order valence-electron chi connectivity index (χ1n) is 7.35. The standard InChI is InChI=1S/C15H21Br2NO2S/c1-11-9-14(17)15(10-13(11)16)21(19,20)18-8-7-12-5-3-2-4-6-12/h9-10,12,18H,2-8H2,1H3. The number of halogens is 2. The predicted molar refractivity (Wildman–Crippen MR) is 93.0 cm³/mol. The van der Waals surface area contributed by atoms with Crippen LogP contribution in [-0.4, -0.2) is 15.0 Å². The number of nitrogens with one attached hydrogen (secondary N) is 1. The predicted octanol–water partition coefficient (Wildman–Crippen LogP) is 4.77. The maximum Gasteiger partial charge on any atom is 0.241 e. The van der Waals surface area contributed by atoms with E-state index in [9.17, 15) is 8.42 Å². The Balaban J connectivity index is 1.99. The first kappa shape index (κ1) is 17.4. The first-order chi connectivity index (χ1) is 9.90. The molecule has 3 nitrogen and oxygen atoms in total. The van der Waals surface area contributed by atoms with E-state index in [1.54, 1.807) is 6.07 Å². The minimum Gasteiger partial charge on any atom is -0.211 e. The number of sulfonamides is 1. The van der Waals surface area contributed by atoms with Crippen LogP contribution in [0.25, 0.3) is 0 Å². The Bertz CT molecular complexity index is 596. The summed E-state index contributed by atoms with van der Waals surface area (Å²) in [6, 6.07) is 3.47. The van der Waals surface area contributed by atoms with Gasteiger partial charge in [0.15, 0.2) is 0 Å². The first-order valence-corrected chi connectivity index (χ1v) is 10.4. The van der Waals surface area contributed by atoms with E-state index in [0.717, 1.165) is 16.5 Å². The highest BCUT2D eigenvalue weighted by Crippen LogP contribution is 2.29. The van der Waals surface area contributed by atoms with Crippen molar-refractivity contribution in [1.82, 2.24) is 4.72 Å². The molecule has 118 valence electrons. The van der Waals surface area contributed by atoms with Crippen LogP contribution in [0.5, 0.6) is 0 Å². The lowest BCUT2D eigenvalue weighted by molar-refractivity contribution is 0.339. The number of rotatable bonds is 5. The van der Waals surface area contributed by atoms with E-state index < -0.39 is 10.0 Å². The highest BCUT2D eigenvalue weighted by atomic mass is 79.9. The van der Waals surface area contributed by atoms with Gasteiger partial charge in [0.05, 0.1) is 4.90 Å². The van der Waals surface area contributed by atoms with Crippen LogP contribution in [-0.2, 0) is 10.0 Å². The summed E-state index contributed by atoms with van der Waals surface area (Å²) < 4.78 is 28.9. The molecule has 1 aliphatic rings. The fourth-order valence-corrected chi connectivity index (χ4v) is 5.51. The van der Waals surface area contributed by atoms with Gasteiger partial charge < -0.3 is 0 Å². The molecule has 0 amide bonds. The van der Waals surface area contributed by atoms with Crippen molar-refractivity contribution in [3.63, 3.8) is 0 Å². The third kappa shape index (κ3) is 4.78. The molecular weight excluding hydrogens is 418 g/mol. The summed E-state index contributed by atoms with van der Waals surface area (Å²) in [4.78, 5) is 0.295. The fourth-order valence-electron chi connectivity index (χ4n) is 2.78. The third-order valence-electron chi connectivity index (χ3n) is 4.07. The zero-order valence-electron chi connectivity index (χ0n) is 12.2. The summed E-state index contributed by atoms with van der Waals surface area (Å²) in [6.07, 6.45) is 7.31. The molecule has 1 fully saturated rings. The summed E-state index contributed by atoms with van der Waals surface area (Å²) in [5.74, 6) is 0.676. The van der Waals surface area contributed by atoms with Crippen LogP contribution in [0.4, 0.5) is 0 Å². The van der Waals surface area contributed by atoms with Crippen molar-refractivity contribution in [2.45, 2.75) is 50.3 Å². The Morgan fingerprint density at radius 2 is 1.81 bits per heavy atom. The molecule has 1 aromatic rings. The second-order valence-corrected chi connectivity index (χ2v) is 9.17. The Kier molecular flexibility index (Phi) is 6.29. The van der Waals surface area contributed by atoms with E-state index in [0.29, 0.717) is 21.8 Å². The van der Waals surface area contributed by atoms with Crippen LogP contribution >= 0.6 is 31.9 Å². The van der Waals surface area contributed by atoms with Gasteiger partial charge in [-0.2, -0.15) is 0 Å². The number of aryl methyl sites for hydroxylation is 1. The van der Waals surface area contributed by atoms with Crippen molar-refractivity contribution in [2.24, 2.45) is 5.92 Å². The quantitative estimate of drug-likeness (QED) is 0.719. The molecule has 0 spiro atoms. The smallest absolute Gasteiger partial charge is 0.211 e. The van der Waals surface area contributed by atoms with Gasteiger partial charge >= 0.3 is 0 Å². The van der Waals surface area contributed by atoms with Gasteiger partial charge in [0.2, 0.25) is 10.0 Å². The van der Waals surface area contributed by atoms with Crippen LogP contribution in [0.2, 0.25) is 0 Å². The van der Waals surface area contributed by atoms with Crippen molar-refractivity contribution in [1.29, 1.82) is 0 Å². The van der Waals surface area contributed by atoms with Gasteiger partial charge in [-0.1, -0.05) is 48.0 Å². The largest absolute Gasteiger partial charge is 0.241 e. The van der Waals surface area contributed by atoms with Crippen molar-refractivity contribution < 1.29 is 8.42 Å². The lowest BCUT2D eigenvalue weighted by atomic mass is 9.87. The highest BCUT2D eigenvalue weighted by molar-refractivity contribution is 9.11. The van der Waals surface area contributed by atoms with Crippen molar-refractivity contribution in [3.8, 4) is 0 Å². The van der Waals surface area contributed by atoms with Crippen LogP contribution in [0.1, 0.15) is 44.1 Å². The van der Waals surface area contributed by atoms with Crippen molar-refractivity contribution in [2.75, 3.05) is 6.54 Å². The number of benzene rings is 1. The van der Waals surface area contributed by atoms with Crippen LogP contribution in [0, 0.1) is 12.8 Å². The number of hydrogen-bond donors (Lipinski definition) is 1. The average molecular weight is 439 g/mol.